The van der Waals surface area contributed by atoms with E-state index in [-0.39, 0.29) is 5.92 Å². The monoisotopic (exact) mass is 546 g/mol. The molecule has 182 valence electrons. The van der Waals surface area contributed by atoms with Crippen molar-refractivity contribution in [1.82, 2.24) is 14.8 Å². The van der Waals surface area contributed by atoms with E-state index in [1.807, 2.05) is 17.5 Å². The number of likely N-dealkylation sites (tertiary alicyclic amines) is 2. The van der Waals surface area contributed by atoms with Crippen molar-refractivity contribution in [2.24, 2.45) is 11.8 Å². The van der Waals surface area contributed by atoms with Gasteiger partial charge in [0.15, 0.2) is 6.29 Å². The van der Waals surface area contributed by atoms with E-state index in [1.165, 1.54) is 11.3 Å². The number of amides is 1. The van der Waals surface area contributed by atoms with Crippen LogP contribution in [0, 0.1) is 11.8 Å². The van der Waals surface area contributed by atoms with E-state index in [2.05, 4.69) is 35.9 Å². The molecule has 4 heterocycles. The molecule has 0 spiro atoms. The number of hydrogen-bond donors (Lipinski definition) is 2. The average molecular weight is 547 g/mol. The number of aromatic nitrogens is 1. The zero-order valence-electron chi connectivity index (χ0n) is 19.6. The van der Waals surface area contributed by atoms with Crippen molar-refractivity contribution in [2.45, 2.75) is 45.5 Å². The van der Waals surface area contributed by atoms with Gasteiger partial charge in [-0.15, -0.1) is 11.3 Å². The van der Waals surface area contributed by atoms with Crippen LogP contribution >= 0.6 is 27.3 Å². The Bertz CT molecular complexity index is 988. The minimum Gasteiger partial charge on any atom is -0.433 e. The summed E-state index contributed by atoms with van der Waals surface area (Å²) in [5.41, 5.74) is 2.28. The molecule has 2 aliphatic heterocycles. The lowest BCUT2D eigenvalue weighted by Gasteiger charge is -2.37. The van der Waals surface area contributed by atoms with Gasteiger partial charge >= 0.3 is 7.05 Å². The summed E-state index contributed by atoms with van der Waals surface area (Å²) < 4.78 is 1.03. The van der Waals surface area contributed by atoms with Gasteiger partial charge in [0.2, 0.25) is 5.91 Å². The molecule has 0 saturated carbocycles. The maximum atomic E-state index is 13.2. The van der Waals surface area contributed by atoms with Crippen LogP contribution in [0.3, 0.4) is 0 Å². The number of nitrogens with one attached hydrogen (secondary N) is 1. The van der Waals surface area contributed by atoms with Gasteiger partial charge in [-0.05, 0) is 97.1 Å². The molecule has 1 amide bonds. The van der Waals surface area contributed by atoms with E-state index < -0.39 is 7.05 Å². The molecule has 4 rings (SSSR count). The number of carbonyl (C=O) groups is 2. The van der Waals surface area contributed by atoms with Crippen LogP contribution in [0.25, 0.3) is 0 Å². The van der Waals surface area contributed by atoms with Crippen LogP contribution in [0.1, 0.15) is 46.5 Å². The fourth-order valence-corrected chi connectivity index (χ4v) is 6.59. The Hall–Kier alpha value is -1.75. The summed E-state index contributed by atoms with van der Waals surface area (Å²) in [6, 6.07) is 3.97. The van der Waals surface area contributed by atoms with Crippen LogP contribution in [-0.2, 0) is 17.8 Å². The highest BCUT2D eigenvalue weighted by molar-refractivity contribution is 9.10. The molecule has 0 aromatic carbocycles. The molecule has 7 nitrogen and oxygen atoms in total. The Morgan fingerprint density at radius 2 is 2.03 bits per heavy atom. The Labute approximate surface area is 214 Å². The molecule has 2 aliphatic rings. The second-order valence-corrected chi connectivity index (χ2v) is 11.2. The van der Waals surface area contributed by atoms with Gasteiger partial charge in [0.1, 0.15) is 5.82 Å². The summed E-state index contributed by atoms with van der Waals surface area (Å²) in [5.74, 6) is 1.62. The zero-order chi connectivity index (χ0) is 24.1. The van der Waals surface area contributed by atoms with Gasteiger partial charge in [-0.1, -0.05) is 0 Å². The molecule has 0 bridgehead atoms. The van der Waals surface area contributed by atoms with Gasteiger partial charge in [0, 0.05) is 41.6 Å². The second-order valence-electron chi connectivity index (χ2n) is 9.44. The number of carbonyl (C=O) groups excluding carboxylic acids is 2. The Morgan fingerprint density at radius 1 is 1.29 bits per heavy atom. The minimum absolute atomic E-state index is 0.116. The van der Waals surface area contributed by atoms with Crippen LogP contribution in [0.15, 0.2) is 28.2 Å². The summed E-state index contributed by atoms with van der Waals surface area (Å²) in [6.45, 7) is 5.95. The third kappa shape index (κ3) is 6.47. The zero-order valence-corrected chi connectivity index (χ0v) is 22.0. The number of halogens is 1. The number of hydrogen-bond acceptors (Lipinski definition) is 7. The third-order valence-electron chi connectivity index (χ3n) is 6.93. The number of thiophene rings is 1. The van der Waals surface area contributed by atoms with Crippen molar-refractivity contribution < 1.29 is 14.6 Å². The average Bonchev–Trinajstić information content (AvgIpc) is 3.18. The van der Waals surface area contributed by atoms with Gasteiger partial charge in [-0.2, -0.15) is 0 Å². The molecule has 2 fully saturated rings. The summed E-state index contributed by atoms with van der Waals surface area (Å²) in [7, 11) is -0.638. The number of rotatable bonds is 8. The fourth-order valence-electron chi connectivity index (χ4n) is 5.04. The smallest absolute Gasteiger partial charge is 0.408 e. The van der Waals surface area contributed by atoms with Gasteiger partial charge < -0.3 is 15.2 Å². The van der Waals surface area contributed by atoms with Crippen LogP contribution in [0.4, 0.5) is 5.82 Å². The molecule has 0 radical (unpaired) electrons. The van der Waals surface area contributed by atoms with Crippen molar-refractivity contribution in [3.8, 4) is 0 Å². The molecule has 34 heavy (non-hydrogen) atoms. The molecular formula is C24H32BBrN4O3S. The van der Waals surface area contributed by atoms with Crippen LogP contribution in [-0.4, -0.2) is 65.2 Å². The van der Waals surface area contributed by atoms with E-state index in [0.717, 1.165) is 91.6 Å². The number of nitrogens with zero attached hydrogens (tertiary/aromatic N) is 3. The molecule has 2 saturated heterocycles. The quantitative estimate of drug-likeness (QED) is 0.385. The van der Waals surface area contributed by atoms with Crippen molar-refractivity contribution in [1.29, 1.82) is 0 Å². The van der Waals surface area contributed by atoms with E-state index in [9.17, 15) is 14.6 Å². The number of aldehydes is 1. The molecule has 0 unspecified atom stereocenters. The van der Waals surface area contributed by atoms with Gasteiger partial charge in [0.25, 0.3) is 0 Å². The largest absolute Gasteiger partial charge is 0.433 e. The predicted octanol–water partition coefficient (Wildman–Crippen LogP) is 3.93. The molecule has 2 aromatic rings. The van der Waals surface area contributed by atoms with E-state index >= 15 is 0 Å². The van der Waals surface area contributed by atoms with Gasteiger partial charge in [0.05, 0.1) is 4.88 Å². The SMILES string of the molecule is CB(O)Nc1cc(CN2CCC(C(=O)N3CCC(Cc4c(Br)csc4C=O)CC3)CC2)ccn1. The minimum atomic E-state index is -0.638. The lowest BCUT2D eigenvalue weighted by Crippen LogP contribution is -2.45. The molecular weight excluding hydrogens is 515 g/mol. The molecule has 10 heteroatoms. The number of anilines is 1. The van der Waals surface area contributed by atoms with E-state index in [0.29, 0.717) is 17.6 Å². The summed E-state index contributed by atoms with van der Waals surface area (Å²) in [5, 5.41) is 14.4. The van der Waals surface area contributed by atoms with E-state index in [4.69, 9.17) is 0 Å². The van der Waals surface area contributed by atoms with Crippen LogP contribution in [0.5, 0.6) is 0 Å². The van der Waals surface area contributed by atoms with Crippen LogP contribution < -0.4 is 5.23 Å². The first kappa shape index (κ1) is 25.4. The van der Waals surface area contributed by atoms with Crippen LogP contribution in [0.2, 0.25) is 6.82 Å². The fraction of sp³-hybridized carbons (Fsp3) is 0.542. The number of piperidine rings is 2. The van der Waals surface area contributed by atoms with Crippen molar-refractivity contribution >= 4 is 52.3 Å². The first-order chi connectivity index (χ1) is 16.4. The Morgan fingerprint density at radius 3 is 2.71 bits per heavy atom. The Kier molecular flexibility index (Phi) is 8.79. The second kappa shape index (κ2) is 11.8. The first-order valence-electron chi connectivity index (χ1n) is 12.0. The predicted molar refractivity (Wildman–Crippen MR) is 140 cm³/mol. The molecule has 2 aromatic heterocycles. The summed E-state index contributed by atoms with van der Waals surface area (Å²) in [4.78, 5) is 34.0. The lowest BCUT2D eigenvalue weighted by molar-refractivity contribution is -0.138. The summed E-state index contributed by atoms with van der Waals surface area (Å²) >= 11 is 5.07. The Balaban J connectivity index is 1.22. The highest BCUT2D eigenvalue weighted by Gasteiger charge is 2.31. The van der Waals surface area contributed by atoms with Crippen molar-refractivity contribution in [3.05, 3.63) is 44.2 Å². The van der Waals surface area contributed by atoms with E-state index in [1.54, 1.807) is 13.0 Å². The topological polar surface area (TPSA) is 85.8 Å². The highest BCUT2D eigenvalue weighted by Crippen LogP contribution is 2.32. The maximum absolute atomic E-state index is 13.2. The van der Waals surface area contributed by atoms with Crippen molar-refractivity contribution in [2.75, 3.05) is 31.4 Å². The third-order valence-corrected chi connectivity index (χ3v) is 8.89. The van der Waals surface area contributed by atoms with Gasteiger partial charge in [-0.3, -0.25) is 14.5 Å². The molecule has 2 N–H and O–H groups in total. The summed E-state index contributed by atoms with van der Waals surface area (Å²) in [6.07, 6.45) is 7.40. The standard InChI is InChI=1S/C24H32BBrN4O3S/c1-25(33)28-23-13-18(2-7-27-23)14-29-8-5-19(6-9-29)24(32)30-10-3-17(4-11-30)12-20-21(26)16-34-22(20)15-31/h2,7,13,15-17,19,33H,3-6,8-12,14H2,1H3,(H,27,28). The normalized spacial score (nSPS) is 18.1. The first-order valence-corrected chi connectivity index (χ1v) is 13.7. The number of pyridine rings is 1. The lowest BCUT2D eigenvalue weighted by atomic mass is 9.88. The highest BCUT2D eigenvalue weighted by atomic mass is 79.9. The maximum Gasteiger partial charge on any atom is 0.408 e. The van der Waals surface area contributed by atoms with Crippen molar-refractivity contribution in [3.63, 3.8) is 0 Å². The molecule has 0 aliphatic carbocycles. The molecule has 0 atom stereocenters. The van der Waals surface area contributed by atoms with Gasteiger partial charge in [-0.25, -0.2) is 4.98 Å².